The van der Waals surface area contributed by atoms with E-state index in [4.69, 9.17) is 32.6 Å². The van der Waals surface area contributed by atoms with Crippen molar-refractivity contribution < 1.29 is 36.9 Å². The molecule has 0 saturated heterocycles. The van der Waals surface area contributed by atoms with Gasteiger partial charge in [-0.25, -0.2) is 9.97 Å². The molecule has 0 aliphatic carbocycles. The molecule has 8 bridgehead atoms. The van der Waals surface area contributed by atoms with Gasteiger partial charge in [-0.1, -0.05) is 41.0 Å². The van der Waals surface area contributed by atoms with Crippen LogP contribution in [0.25, 0.3) is 44.4 Å². The van der Waals surface area contributed by atoms with Gasteiger partial charge in [0.15, 0.2) is 0 Å². The van der Waals surface area contributed by atoms with E-state index in [-0.39, 0.29) is 40.4 Å². The second kappa shape index (κ2) is 13.6. The Balaban J connectivity index is 0.00000461. The first kappa shape index (κ1) is 34.6. The molecule has 1 unspecified atom stereocenters. The summed E-state index contributed by atoms with van der Waals surface area (Å²) in [5.41, 5.74) is 13.3. The van der Waals surface area contributed by atoms with Crippen molar-refractivity contribution >= 4 is 81.6 Å². The maximum absolute atomic E-state index is 11.6. The standard InChI is InChI=1S/C34H38N4O4S2.Fe/c1-15-21(7-9-31(39)40)27-14-28-22(8-10-32(41)42)16(2)24(36-28)12-29-34(20(6)44)18(4)26(38-29)13-30-33(19(5)43)17(3)25(37-30)11-23(15)35-27;/h11-14,19-20H,7-10H2,1-6H3,(H6,35,36,37,38,39,40,41,42,43,44);/q;+2/p-1/t19?,20-;/m0./s1. The van der Waals surface area contributed by atoms with Gasteiger partial charge in [-0.2, -0.15) is 12.6 Å². The molecule has 45 heavy (non-hydrogen) atoms. The Labute approximate surface area is 284 Å². The molecule has 3 aromatic rings. The fraction of sp³-hybridized carbons (Fsp3) is 0.353. The minimum atomic E-state index is -0.892. The van der Waals surface area contributed by atoms with Crippen molar-refractivity contribution in [2.75, 3.05) is 0 Å². The smallest absolute Gasteiger partial charge is 0.657 e. The average molecular weight is 686 g/mol. The molecule has 5 heterocycles. The number of fused-ring (bicyclic) bond motifs is 8. The second-order valence-corrected chi connectivity index (χ2v) is 13.2. The van der Waals surface area contributed by atoms with Crippen molar-refractivity contribution in [3.8, 4) is 0 Å². The molecule has 2 aliphatic rings. The number of thiol groups is 1. The molecule has 2 N–H and O–H groups in total. The predicted molar refractivity (Wildman–Crippen MR) is 183 cm³/mol. The van der Waals surface area contributed by atoms with Crippen LogP contribution in [-0.4, -0.2) is 37.4 Å². The van der Waals surface area contributed by atoms with Crippen LogP contribution in [0.1, 0.15) is 97.2 Å². The van der Waals surface area contributed by atoms with Gasteiger partial charge in [0.1, 0.15) is 5.25 Å². The third-order valence-electron chi connectivity index (χ3n) is 8.51. The first-order chi connectivity index (χ1) is 20.8. The molecule has 3 aromatic heterocycles. The van der Waals surface area contributed by atoms with Gasteiger partial charge in [0.25, 0.3) is 0 Å². The molecule has 0 fully saturated rings. The SMILES string of the molecule is CC1=C(CCC(=O)O)c2cc3[n-]c(cc4nc(cc5[n-]c(cc1n2)c([C@H](C)[SH2+])c5C)C(C(C)S)=C4C)c(C)c3CCC(=O)O.[Fe+2]. The predicted octanol–water partition coefficient (Wildman–Crippen LogP) is 6.32. The van der Waals surface area contributed by atoms with Gasteiger partial charge in [0.2, 0.25) is 0 Å². The zero-order valence-electron chi connectivity index (χ0n) is 26.1. The van der Waals surface area contributed by atoms with E-state index < -0.39 is 11.9 Å². The first-order valence-corrected chi connectivity index (χ1v) is 15.7. The number of aryl methyl sites for hydroxylation is 3. The Morgan fingerprint density at radius 3 is 1.91 bits per heavy atom. The Morgan fingerprint density at radius 1 is 0.778 bits per heavy atom. The molecule has 0 amide bonds. The topological polar surface area (TPSA) is 129 Å². The van der Waals surface area contributed by atoms with Gasteiger partial charge in [0, 0.05) is 18.1 Å². The zero-order chi connectivity index (χ0) is 32.0. The molecule has 0 spiro atoms. The second-order valence-electron chi connectivity index (χ2n) is 11.6. The van der Waals surface area contributed by atoms with Gasteiger partial charge >= 0.3 is 29.0 Å². The van der Waals surface area contributed by atoms with Gasteiger partial charge in [-0.15, -0.1) is 22.1 Å². The van der Waals surface area contributed by atoms with Gasteiger partial charge < -0.3 is 20.2 Å². The first-order valence-electron chi connectivity index (χ1n) is 14.6. The Morgan fingerprint density at radius 2 is 1.29 bits per heavy atom. The van der Waals surface area contributed by atoms with Crippen LogP contribution in [0.3, 0.4) is 0 Å². The zero-order valence-corrected chi connectivity index (χ0v) is 29.1. The van der Waals surface area contributed by atoms with Gasteiger partial charge in [-0.05, 0) is 94.9 Å². The van der Waals surface area contributed by atoms with E-state index in [9.17, 15) is 19.8 Å². The number of aromatic nitrogens is 4. The van der Waals surface area contributed by atoms with Crippen molar-refractivity contribution in [3.05, 3.63) is 69.3 Å². The Bertz CT molecular complexity index is 1940. The molecule has 5 rings (SSSR count). The number of carboxylic acids is 2. The van der Waals surface area contributed by atoms with Crippen molar-refractivity contribution in [1.82, 2.24) is 19.9 Å². The van der Waals surface area contributed by atoms with Crippen LogP contribution in [0.15, 0.2) is 24.3 Å². The number of nitrogens with zero attached hydrogens (tertiary/aromatic N) is 4. The molecule has 0 saturated carbocycles. The van der Waals surface area contributed by atoms with E-state index in [0.717, 1.165) is 67.0 Å². The van der Waals surface area contributed by atoms with E-state index in [2.05, 4.69) is 26.5 Å². The summed E-state index contributed by atoms with van der Waals surface area (Å²) in [5.74, 6) is -1.78. The summed E-state index contributed by atoms with van der Waals surface area (Å²) in [6.45, 7) is 12.1. The number of hydrogen-bond acceptors (Lipinski definition) is 5. The van der Waals surface area contributed by atoms with Crippen LogP contribution in [0.4, 0.5) is 0 Å². The number of carboxylic acid groups (broad SMARTS) is 2. The van der Waals surface area contributed by atoms with Crippen LogP contribution in [-0.2, 0) is 45.7 Å². The quantitative estimate of drug-likeness (QED) is 0.143. The molecule has 2 atom stereocenters. The summed E-state index contributed by atoms with van der Waals surface area (Å²) >= 11 is 8.62. The van der Waals surface area contributed by atoms with E-state index in [1.807, 2.05) is 52.0 Å². The van der Waals surface area contributed by atoms with Crippen LogP contribution >= 0.6 is 12.6 Å². The maximum Gasteiger partial charge on any atom is 2.00 e. The molecule has 11 heteroatoms. The minimum Gasteiger partial charge on any atom is -0.657 e. The van der Waals surface area contributed by atoms with Crippen molar-refractivity contribution in [2.45, 2.75) is 77.7 Å². The summed E-state index contributed by atoms with van der Waals surface area (Å²) < 4.78 is 0. The van der Waals surface area contributed by atoms with Crippen molar-refractivity contribution in [3.63, 3.8) is 0 Å². The summed E-state index contributed by atoms with van der Waals surface area (Å²) in [7, 11) is 0. The van der Waals surface area contributed by atoms with Crippen molar-refractivity contribution in [2.24, 2.45) is 0 Å². The normalized spacial score (nSPS) is 14.4. The monoisotopic (exact) mass is 685 g/mol. The van der Waals surface area contributed by atoms with E-state index >= 15 is 0 Å². The van der Waals surface area contributed by atoms with Crippen LogP contribution < -0.4 is 9.97 Å². The molecular formula is C34H37FeN4O4S2+. The third kappa shape index (κ3) is 6.82. The summed E-state index contributed by atoms with van der Waals surface area (Å²) in [4.78, 5) is 43.2. The van der Waals surface area contributed by atoms with E-state index in [1.54, 1.807) is 0 Å². The summed E-state index contributed by atoms with van der Waals surface area (Å²) in [5, 5.41) is 18.9. The fourth-order valence-corrected chi connectivity index (χ4v) is 6.86. The average Bonchev–Trinajstić information content (AvgIpc) is 3.59. The number of hydrogen-bond donors (Lipinski definition) is 3. The van der Waals surface area contributed by atoms with Gasteiger partial charge in [-0.3, -0.25) is 9.59 Å². The van der Waals surface area contributed by atoms with Crippen LogP contribution in [0, 0.1) is 13.8 Å². The fourth-order valence-electron chi connectivity index (χ4n) is 6.17. The van der Waals surface area contributed by atoms with Crippen LogP contribution in [0.5, 0.6) is 0 Å². The number of allylic oxidation sites excluding steroid dienone is 3. The number of carbonyl (C=O) groups is 2. The van der Waals surface area contributed by atoms with Crippen molar-refractivity contribution in [1.29, 1.82) is 0 Å². The van der Waals surface area contributed by atoms with Gasteiger partial charge in [0.05, 0.1) is 22.8 Å². The minimum absolute atomic E-state index is 0. The number of rotatable bonds is 8. The summed E-state index contributed by atoms with van der Waals surface area (Å²) in [6, 6.07) is 7.79. The Kier molecular flexibility index (Phi) is 10.5. The van der Waals surface area contributed by atoms with Crippen LogP contribution in [0.2, 0.25) is 0 Å². The molecule has 236 valence electrons. The Hall–Kier alpha value is -3.24. The molecule has 0 radical (unpaired) electrons. The van der Waals surface area contributed by atoms with E-state index in [1.165, 1.54) is 0 Å². The maximum atomic E-state index is 11.6. The largest absolute Gasteiger partial charge is 2.00 e. The van der Waals surface area contributed by atoms with E-state index in [0.29, 0.717) is 35.3 Å². The molecule has 0 aromatic carbocycles. The number of aliphatic carboxylic acids is 2. The molecule has 8 nitrogen and oxygen atoms in total. The molecular weight excluding hydrogens is 648 g/mol. The third-order valence-corrected chi connectivity index (χ3v) is 9.05. The summed E-state index contributed by atoms with van der Waals surface area (Å²) in [6.07, 6.45) is 0.510. The molecule has 2 aliphatic heterocycles.